The molecule has 19 heavy (non-hydrogen) atoms. The Morgan fingerprint density at radius 1 is 1.32 bits per heavy atom. The molecule has 2 aromatic rings. The number of H-pyrrole nitrogens is 1. The van der Waals surface area contributed by atoms with Gasteiger partial charge >= 0.3 is 0 Å². The second kappa shape index (κ2) is 5.58. The Hall–Kier alpha value is -2.27. The van der Waals surface area contributed by atoms with Crippen LogP contribution in [0, 0.1) is 0 Å². The van der Waals surface area contributed by atoms with Crippen LogP contribution in [0.5, 0.6) is 5.75 Å². The van der Waals surface area contributed by atoms with Crippen molar-refractivity contribution in [2.45, 2.75) is 0 Å². The second-order valence-electron chi connectivity index (χ2n) is 3.80. The molecule has 1 aromatic heterocycles. The normalized spacial score (nSPS) is 10.2. The Bertz CT molecular complexity index is 608. The standard InChI is InChI=1S/C13H11ClN2O3/c14-8-3-4-12(9(6-8)13(15)18)19-7-11(17)10-2-1-5-16-10/h1-6,16H,7H2,(H2,15,18). The van der Waals surface area contributed by atoms with Crippen molar-refractivity contribution in [3.8, 4) is 5.75 Å². The molecule has 0 aliphatic carbocycles. The van der Waals surface area contributed by atoms with Crippen molar-refractivity contribution in [2.24, 2.45) is 5.73 Å². The van der Waals surface area contributed by atoms with Crippen LogP contribution in [0.15, 0.2) is 36.5 Å². The minimum atomic E-state index is -0.662. The van der Waals surface area contributed by atoms with Gasteiger partial charge in [-0.1, -0.05) is 11.6 Å². The van der Waals surface area contributed by atoms with Gasteiger partial charge in [0.25, 0.3) is 5.91 Å². The summed E-state index contributed by atoms with van der Waals surface area (Å²) < 4.78 is 5.31. The Morgan fingerprint density at radius 2 is 2.11 bits per heavy atom. The third kappa shape index (κ3) is 3.14. The molecule has 0 saturated carbocycles. The lowest BCUT2D eigenvalue weighted by Crippen LogP contribution is -2.16. The maximum absolute atomic E-state index is 11.7. The van der Waals surface area contributed by atoms with Gasteiger partial charge in [-0.2, -0.15) is 0 Å². The van der Waals surface area contributed by atoms with E-state index in [4.69, 9.17) is 22.1 Å². The van der Waals surface area contributed by atoms with Gasteiger partial charge < -0.3 is 15.5 Å². The van der Waals surface area contributed by atoms with Crippen LogP contribution in [0.2, 0.25) is 5.02 Å². The number of halogens is 1. The van der Waals surface area contributed by atoms with Gasteiger partial charge in [0.15, 0.2) is 6.61 Å². The summed E-state index contributed by atoms with van der Waals surface area (Å²) in [7, 11) is 0. The quantitative estimate of drug-likeness (QED) is 0.821. The highest BCUT2D eigenvalue weighted by atomic mass is 35.5. The summed E-state index contributed by atoms with van der Waals surface area (Å²) in [5, 5.41) is 0.372. The molecule has 0 radical (unpaired) electrons. The predicted molar refractivity (Wildman–Crippen MR) is 70.6 cm³/mol. The molecule has 5 nitrogen and oxygen atoms in total. The molecule has 0 bridgehead atoms. The number of nitrogens with two attached hydrogens (primary N) is 1. The fraction of sp³-hybridized carbons (Fsp3) is 0.0769. The molecular formula is C13H11ClN2O3. The third-order valence-electron chi connectivity index (χ3n) is 2.46. The van der Waals surface area contributed by atoms with Crippen molar-refractivity contribution in [3.63, 3.8) is 0 Å². The van der Waals surface area contributed by atoms with Crippen LogP contribution >= 0.6 is 11.6 Å². The van der Waals surface area contributed by atoms with E-state index in [2.05, 4.69) is 4.98 Å². The van der Waals surface area contributed by atoms with E-state index in [1.54, 1.807) is 24.4 Å². The summed E-state index contributed by atoms with van der Waals surface area (Å²) in [5.74, 6) is -0.656. The number of ether oxygens (including phenoxy) is 1. The number of benzene rings is 1. The number of hydrogen-bond acceptors (Lipinski definition) is 3. The molecule has 3 N–H and O–H groups in total. The average Bonchev–Trinajstić information content (AvgIpc) is 2.90. The highest BCUT2D eigenvalue weighted by molar-refractivity contribution is 6.31. The van der Waals surface area contributed by atoms with Gasteiger partial charge in [0.1, 0.15) is 5.75 Å². The largest absolute Gasteiger partial charge is 0.485 e. The van der Waals surface area contributed by atoms with Gasteiger partial charge in [-0.15, -0.1) is 0 Å². The number of hydrogen-bond donors (Lipinski definition) is 2. The Balaban J connectivity index is 2.11. The maximum Gasteiger partial charge on any atom is 0.252 e. The summed E-state index contributed by atoms with van der Waals surface area (Å²) in [6.07, 6.45) is 1.64. The van der Waals surface area contributed by atoms with Crippen LogP contribution in [0.25, 0.3) is 0 Å². The minimum absolute atomic E-state index is 0.145. The Morgan fingerprint density at radius 3 is 2.74 bits per heavy atom. The van der Waals surface area contributed by atoms with Crippen LogP contribution in [0.3, 0.4) is 0 Å². The fourth-order valence-electron chi connectivity index (χ4n) is 1.55. The van der Waals surface area contributed by atoms with Crippen LogP contribution in [0.1, 0.15) is 20.8 Å². The summed E-state index contributed by atoms with van der Waals surface area (Å²) >= 11 is 5.77. The molecule has 0 atom stereocenters. The van der Waals surface area contributed by atoms with E-state index in [1.165, 1.54) is 12.1 Å². The van der Waals surface area contributed by atoms with Crippen LogP contribution in [-0.2, 0) is 0 Å². The molecule has 98 valence electrons. The maximum atomic E-state index is 11.7. The van der Waals surface area contributed by atoms with Gasteiger partial charge in [-0.05, 0) is 30.3 Å². The first-order chi connectivity index (χ1) is 9.08. The summed E-state index contributed by atoms with van der Waals surface area (Å²) in [5.41, 5.74) is 5.80. The van der Waals surface area contributed by atoms with Crippen LogP contribution in [-0.4, -0.2) is 23.3 Å². The average molecular weight is 279 g/mol. The first kappa shape index (κ1) is 13.2. The molecule has 6 heteroatoms. The van der Waals surface area contributed by atoms with Gasteiger partial charge in [-0.3, -0.25) is 9.59 Å². The number of carbonyl (C=O) groups is 2. The highest BCUT2D eigenvalue weighted by Gasteiger charge is 2.13. The van der Waals surface area contributed by atoms with E-state index >= 15 is 0 Å². The number of amides is 1. The van der Waals surface area contributed by atoms with Crippen LogP contribution < -0.4 is 10.5 Å². The Labute approximate surface area is 114 Å². The number of primary amides is 1. The number of aromatic amines is 1. The van der Waals surface area contributed by atoms with Crippen molar-refractivity contribution in [3.05, 3.63) is 52.8 Å². The molecule has 2 rings (SSSR count). The number of nitrogens with one attached hydrogen (secondary N) is 1. The smallest absolute Gasteiger partial charge is 0.252 e. The molecule has 0 fully saturated rings. The molecule has 0 aliphatic rings. The zero-order valence-corrected chi connectivity index (χ0v) is 10.6. The number of rotatable bonds is 5. The van der Waals surface area contributed by atoms with Crippen molar-refractivity contribution in [2.75, 3.05) is 6.61 Å². The highest BCUT2D eigenvalue weighted by Crippen LogP contribution is 2.22. The summed E-state index contributed by atoms with van der Waals surface area (Å²) in [4.78, 5) is 25.7. The molecule has 1 amide bonds. The lowest BCUT2D eigenvalue weighted by molar-refractivity contribution is 0.0908. The van der Waals surface area contributed by atoms with Crippen molar-refractivity contribution < 1.29 is 14.3 Å². The zero-order chi connectivity index (χ0) is 13.8. The number of Topliss-reactive ketones (excluding diaryl/α,β-unsaturated/α-hetero) is 1. The minimum Gasteiger partial charge on any atom is -0.485 e. The van der Waals surface area contributed by atoms with Gasteiger partial charge in [0.2, 0.25) is 5.78 Å². The summed E-state index contributed by atoms with van der Waals surface area (Å²) in [6, 6.07) is 7.82. The van der Waals surface area contributed by atoms with E-state index < -0.39 is 5.91 Å². The molecule has 0 spiro atoms. The van der Waals surface area contributed by atoms with E-state index in [0.717, 1.165) is 0 Å². The number of aromatic nitrogens is 1. The zero-order valence-electron chi connectivity index (χ0n) is 9.85. The second-order valence-corrected chi connectivity index (χ2v) is 4.24. The lowest BCUT2D eigenvalue weighted by Gasteiger charge is -2.08. The topological polar surface area (TPSA) is 85.2 Å². The summed E-state index contributed by atoms with van der Waals surface area (Å²) in [6.45, 7) is -0.192. The van der Waals surface area contributed by atoms with E-state index in [0.29, 0.717) is 10.7 Å². The molecule has 1 aromatic carbocycles. The van der Waals surface area contributed by atoms with Gasteiger partial charge in [0.05, 0.1) is 11.3 Å². The van der Waals surface area contributed by atoms with Crippen molar-refractivity contribution >= 4 is 23.3 Å². The SMILES string of the molecule is NC(=O)c1cc(Cl)ccc1OCC(=O)c1ccc[nH]1. The predicted octanol–water partition coefficient (Wildman–Crippen LogP) is 2.03. The van der Waals surface area contributed by atoms with Crippen LogP contribution in [0.4, 0.5) is 0 Å². The molecule has 1 heterocycles. The Kier molecular flexibility index (Phi) is 3.87. The van der Waals surface area contributed by atoms with Crippen molar-refractivity contribution in [1.29, 1.82) is 0 Å². The number of ketones is 1. The first-order valence-corrected chi connectivity index (χ1v) is 5.84. The molecule has 0 aliphatic heterocycles. The lowest BCUT2D eigenvalue weighted by atomic mass is 10.2. The van der Waals surface area contributed by atoms with E-state index in [-0.39, 0.29) is 23.7 Å². The van der Waals surface area contributed by atoms with Gasteiger partial charge in [0, 0.05) is 11.2 Å². The fourth-order valence-corrected chi connectivity index (χ4v) is 1.72. The molecular weight excluding hydrogens is 268 g/mol. The van der Waals surface area contributed by atoms with Crippen molar-refractivity contribution in [1.82, 2.24) is 4.98 Å². The molecule has 0 unspecified atom stereocenters. The molecule has 0 saturated heterocycles. The van der Waals surface area contributed by atoms with E-state index in [9.17, 15) is 9.59 Å². The van der Waals surface area contributed by atoms with Gasteiger partial charge in [-0.25, -0.2) is 0 Å². The van der Waals surface area contributed by atoms with E-state index in [1.807, 2.05) is 0 Å². The number of carbonyl (C=O) groups excluding carboxylic acids is 2. The third-order valence-corrected chi connectivity index (χ3v) is 2.70. The first-order valence-electron chi connectivity index (χ1n) is 5.46. The monoisotopic (exact) mass is 278 g/mol.